The molecular formula is C16H22N6O2S2. The van der Waals surface area contributed by atoms with Gasteiger partial charge in [0.2, 0.25) is 22.1 Å². The number of amides is 2. The van der Waals surface area contributed by atoms with Gasteiger partial charge in [-0.25, -0.2) is 0 Å². The van der Waals surface area contributed by atoms with Crippen LogP contribution in [0.15, 0.2) is 0 Å². The summed E-state index contributed by atoms with van der Waals surface area (Å²) >= 11 is 2.81. The molecule has 1 aliphatic carbocycles. The Bertz CT molecular complexity index is 702. The molecule has 0 aliphatic heterocycles. The Labute approximate surface area is 159 Å². The second-order valence-corrected chi connectivity index (χ2v) is 8.36. The third kappa shape index (κ3) is 4.61. The molecular weight excluding hydrogens is 372 g/mol. The number of nitrogens with one attached hydrogen (secondary N) is 2. The maximum Gasteiger partial charge on any atom is 0.229 e. The van der Waals surface area contributed by atoms with Gasteiger partial charge < -0.3 is 10.6 Å². The summed E-state index contributed by atoms with van der Waals surface area (Å²) in [5.41, 5.74) is 0. The van der Waals surface area contributed by atoms with Gasteiger partial charge in [0.15, 0.2) is 0 Å². The highest BCUT2D eigenvalue weighted by molar-refractivity contribution is 7.15. The summed E-state index contributed by atoms with van der Waals surface area (Å²) in [6.45, 7) is 4.01. The van der Waals surface area contributed by atoms with E-state index in [0.29, 0.717) is 35.9 Å². The van der Waals surface area contributed by atoms with Gasteiger partial charge in [-0.05, 0) is 38.5 Å². The fourth-order valence-corrected chi connectivity index (χ4v) is 4.29. The molecule has 26 heavy (non-hydrogen) atoms. The maximum atomic E-state index is 12.4. The van der Waals surface area contributed by atoms with Crippen molar-refractivity contribution >= 4 is 44.8 Å². The van der Waals surface area contributed by atoms with Crippen molar-refractivity contribution in [3.05, 3.63) is 10.0 Å². The van der Waals surface area contributed by atoms with E-state index in [1.165, 1.54) is 22.7 Å². The molecule has 2 amide bonds. The van der Waals surface area contributed by atoms with Crippen LogP contribution in [-0.2, 0) is 22.4 Å². The molecule has 2 N–H and O–H groups in total. The number of carbonyl (C=O) groups is 2. The highest BCUT2D eigenvalue weighted by atomic mass is 32.1. The molecule has 0 spiro atoms. The highest BCUT2D eigenvalue weighted by Gasteiger charge is 2.30. The normalized spacial score (nSPS) is 19.9. The number of aromatic nitrogens is 4. The summed E-state index contributed by atoms with van der Waals surface area (Å²) in [7, 11) is 0. The van der Waals surface area contributed by atoms with E-state index in [1.807, 2.05) is 13.8 Å². The minimum atomic E-state index is -0.0822. The largest absolute Gasteiger partial charge is 0.300 e. The first-order valence-corrected chi connectivity index (χ1v) is 10.5. The summed E-state index contributed by atoms with van der Waals surface area (Å²) in [5.74, 6) is -0.221. The number of hydrogen-bond acceptors (Lipinski definition) is 8. The summed E-state index contributed by atoms with van der Waals surface area (Å²) in [6, 6.07) is 0. The van der Waals surface area contributed by atoms with Gasteiger partial charge >= 0.3 is 0 Å². The molecule has 1 aliphatic rings. The van der Waals surface area contributed by atoms with Crippen molar-refractivity contribution in [1.82, 2.24) is 20.4 Å². The molecule has 0 saturated heterocycles. The van der Waals surface area contributed by atoms with E-state index in [9.17, 15) is 9.59 Å². The Morgan fingerprint density at radius 3 is 1.50 bits per heavy atom. The minimum Gasteiger partial charge on any atom is -0.300 e. The van der Waals surface area contributed by atoms with Gasteiger partial charge in [0, 0.05) is 11.8 Å². The average Bonchev–Trinajstić information content (AvgIpc) is 3.30. The number of anilines is 2. The maximum absolute atomic E-state index is 12.4. The second kappa shape index (κ2) is 8.63. The molecule has 8 nitrogen and oxygen atoms in total. The molecule has 0 bridgehead atoms. The van der Waals surface area contributed by atoms with Crippen molar-refractivity contribution < 1.29 is 9.59 Å². The average molecular weight is 395 g/mol. The van der Waals surface area contributed by atoms with Crippen LogP contribution >= 0.6 is 22.7 Å². The van der Waals surface area contributed by atoms with Gasteiger partial charge in [-0.2, -0.15) is 0 Å². The van der Waals surface area contributed by atoms with Crippen LogP contribution in [0.2, 0.25) is 0 Å². The molecule has 3 rings (SSSR count). The predicted molar refractivity (Wildman–Crippen MR) is 101 cm³/mol. The van der Waals surface area contributed by atoms with Crippen LogP contribution in [0.1, 0.15) is 49.5 Å². The molecule has 10 heteroatoms. The molecule has 2 aromatic heterocycles. The Morgan fingerprint density at radius 1 is 0.808 bits per heavy atom. The van der Waals surface area contributed by atoms with Crippen molar-refractivity contribution in [3.8, 4) is 0 Å². The van der Waals surface area contributed by atoms with Crippen LogP contribution in [0, 0.1) is 11.8 Å². The number of nitrogens with zero attached hydrogens (tertiary/aromatic N) is 4. The number of rotatable bonds is 6. The summed E-state index contributed by atoms with van der Waals surface area (Å²) in [6.07, 6.45) is 4.39. The van der Waals surface area contributed by atoms with Crippen LogP contribution in [0.4, 0.5) is 10.3 Å². The van der Waals surface area contributed by atoms with Gasteiger partial charge in [-0.1, -0.05) is 36.5 Å². The zero-order valence-electron chi connectivity index (χ0n) is 14.8. The molecule has 0 atom stereocenters. The van der Waals surface area contributed by atoms with E-state index in [1.54, 1.807) is 0 Å². The first kappa shape index (κ1) is 18.8. The standard InChI is InChI=1S/C16H22N6O2S2/c1-3-11-19-21-15(25-11)17-13(23)9-5-7-10(8-6-9)14(24)18-16-22-20-12(4-2)26-16/h9-10H,3-8H2,1-2H3,(H,17,21,23)(H,18,22,24). The first-order valence-electron chi connectivity index (χ1n) is 8.85. The van der Waals surface area contributed by atoms with Crippen LogP contribution in [0.5, 0.6) is 0 Å². The van der Waals surface area contributed by atoms with Gasteiger partial charge in [0.05, 0.1) is 0 Å². The number of hydrogen-bond donors (Lipinski definition) is 2. The third-order valence-electron chi connectivity index (χ3n) is 4.47. The molecule has 1 fully saturated rings. The lowest BCUT2D eigenvalue weighted by molar-refractivity contribution is -0.125. The lowest BCUT2D eigenvalue weighted by atomic mass is 9.81. The molecule has 1 saturated carbocycles. The Balaban J connectivity index is 1.47. The lowest BCUT2D eigenvalue weighted by Gasteiger charge is -2.26. The van der Waals surface area contributed by atoms with Crippen molar-refractivity contribution in [1.29, 1.82) is 0 Å². The molecule has 2 aromatic rings. The summed E-state index contributed by atoms with van der Waals surface area (Å²) < 4.78 is 0. The highest BCUT2D eigenvalue weighted by Crippen LogP contribution is 2.31. The Hall–Kier alpha value is -1.94. The zero-order valence-corrected chi connectivity index (χ0v) is 16.5. The van der Waals surface area contributed by atoms with Crippen molar-refractivity contribution in [3.63, 3.8) is 0 Å². The fraction of sp³-hybridized carbons (Fsp3) is 0.625. The minimum absolute atomic E-state index is 0.0284. The molecule has 140 valence electrons. The quantitative estimate of drug-likeness (QED) is 0.779. The third-order valence-corrected chi connectivity index (χ3v) is 6.43. The van der Waals surface area contributed by atoms with Crippen LogP contribution in [-0.4, -0.2) is 32.2 Å². The summed E-state index contributed by atoms with van der Waals surface area (Å²) in [4.78, 5) is 24.8. The Kier molecular flexibility index (Phi) is 6.25. The van der Waals surface area contributed by atoms with Crippen molar-refractivity contribution in [2.45, 2.75) is 52.4 Å². The first-order chi connectivity index (χ1) is 12.6. The molecule has 0 aromatic carbocycles. The van der Waals surface area contributed by atoms with Gasteiger partial charge in [-0.15, -0.1) is 20.4 Å². The van der Waals surface area contributed by atoms with Gasteiger partial charge in [0.25, 0.3) is 0 Å². The van der Waals surface area contributed by atoms with E-state index < -0.39 is 0 Å². The van der Waals surface area contributed by atoms with Gasteiger partial charge in [0.1, 0.15) is 10.0 Å². The predicted octanol–water partition coefficient (Wildman–Crippen LogP) is 2.90. The second-order valence-electron chi connectivity index (χ2n) is 6.24. The smallest absolute Gasteiger partial charge is 0.229 e. The lowest BCUT2D eigenvalue weighted by Crippen LogP contribution is -2.32. The molecule has 0 radical (unpaired) electrons. The SMILES string of the molecule is CCc1nnc(NC(=O)C2CCC(C(=O)Nc3nnc(CC)s3)CC2)s1. The van der Waals surface area contributed by atoms with Crippen LogP contribution in [0.3, 0.4) is 0 Å². The van der Waals surface area contributed by atoms with E-state index in [0.717, 1.165) is 22.9 Å². The van der Waals surface area contributed by atoms with Crippen LogP contribution in [0.25, 0.3) is 0 Å². The van der Waals surface area contributed by atoms with E-state index in [-0.39, 0.29) is 23.7 Å². The van der Waals surface area contributed by atoms with E-state index in [4.69, 9.17) is 0 Å². The monoisotopic (exact) mass is 394 g/mol. The fourth-order valence-electron chi connectivity index (χ4n) is 2.93. The van der Waals surface area contributed by atoms with Crippen LogP contribution < -0.4 is 10.6 Å². The number of aryl methyl sites for hydroxylation is 2. The zero-order chi connectivity index (χ0) is 18.5. The number of carbonyl (C=O) groups excluding carboxylic acids is 2. The summed E-state index contributed by atoms with van der Waals surface area (Å²) in [5, 5.41) is 24.6. The van der Waals surface area contributed by atoms with Crippen molar-refractivity contribution in [2.75, 3.05) is 10.6 Å². The van der Waals surface area contributed by atoms with Crippen molar-refractivity contribution in [2.24, 2.45) is 11.8 Å². The molecule has 0 unspecified atom stereocenters. The molecule has 2 heterocycles. The Morgan fingerprint density at radius 2 is 1.19 bits per heavy atom. The van der Waals surface area contributed by atoms with E-state index in [2.05, 4.69) is 31.0 Å². The van der Waals surface area contributed by atoms with E-state index >= 15 is 0 Å². The van der Waals surface area contributed by atoms with Gasteiger partial charge in [-0.3, -0.25) is 9.59 Å². The topological polar surface area (TPSA) is 110 Å².